The molecule has 3 N–H and O–H groups in total. The Labute approximate surface area is 112 Å². The molecule has 6 heteroatoms. The molecule has 0 spiro atoms. The molecular formula is C13H21N3O3. The van der Waals surface area contributed by atoms with E-state index in [4.69, 9.17) is 15.0 Å². The first kappa shape index (κ1) is 14.0. The molecule has 2 rings (SSSR count). The van der Waals surface area contributed by atoms with Crippen LogP contribution in [0.25, 0.3) is 0 Å². The van der Waals surface area contributed by atoms with E-state index in [-0.39, 0.29) is 12.0 Å². The number of hydrogen-bond acceptors (Lipinski definition) is 5. The van der Waals surface area contributed by atoms with Gasteiger partial charge >= 0.3 is 0 Å². The SMILES string of the molecule is COC1CN(Cc2cc(C(=O)NN)co2)CCC1C. The van der Waals surface area contributed by atoms with Gasteiger partial charge in [-0.3, -0.25) is 15.1 Å². The van der Waals surface area contributed by atoms with Crippen molar-refractivity contribution >= 4 is 5.91 Å². The number of amides is 1. The lowest BCUT2D eigenvalue weighted by Gasteiger charge is -2.35. The molecular weight excluding hydrogens is 246 g/mol. The third-order valence-electron chi connectivity index (χ3n) is 3.70. The number of ether oxygens (including phenoxy) is 1. The molecule has 1 fully saturated rings. The highest BCUT2D eigenvalue weighted by molar-refractivity contribution is 5.93. The molecule has 106 valence electrons. The van der Waals surface area contributed by atoms with Gasteiger partial charge in [0.05, 0.1) is 18.2 Å². The van der Waals surface area contributed by atoms with Crippen LogP contribution >= 0.6 is 0 Å². The highest BCUT2D eigenvalue weighted by Crippen LogP contribution is 2.21. The van der Waals surface area contributed by atoms with E-state index in [1.54, 1.807) is 13.2 Å². The molecule has 1 aromatic heterocycles. The number of furan rings is 1. The average Bonchev–Trinajstić information content (AvgIpc) is 2.88. The van der Waals surface area contributed by atoms with E-state index >= 15 is 0 Å². The summed E-state index contributed by atoms with van der Waals surface area (Å²) >= 11 is 0. The number of nitrogen functional groups attached to an aromatic ring is 1. The largest absolute Gasteiger partial charge is 0.467 e. The Kier molecular flexibility index (Phi) is 4.57. The monoisotopic (exact) mass is 267 g/mol. The maximum Gasteiger partial charge on any atom is 0.268 e. The van der Waals surface area contributed by atoms with Gasteiger partial charge < -0.3 is 9.15 Å². The molecule has 0 saturated carbocycles. The molecule has 19 heavy (non-hydrogen) atoms. The van der Waals surface area contributed by atoms with Crippen LogP contribution in [0.5, 0.6) is 0 Å². The van der Waals surface area contributed by atoms with Crippen LogP contribution in [0, 0.1) is 5.92 Å². The predicted molar refractivity (Wildman–Crippen MR) is 70.2 cm³/mol. The maximum atomic E-state index is 11.3. The van der Waals surface area contributed by atoms with Crippen molar-refractivity contribution in [1.29, 1.82) is 0 Å². The van der Waals surface area contributed by atoms with Gasteiger partial charge in [-0.25, -0.2) is 5.84 Å². The van der Waals surface area contributed by atoms with Crippen molar-refractivity contribution < 1.29 is 13.9 Å². The number of carbonyl (C=O) groups excluding carboxylic acids is 1. The Hall–Kier alpha value is -1.37. The molecule has 0 radical (unpaired) electrons. The van der Waals surface area contributed by atoms with E-state index in [9.17, 15) is 4.79 Å². The molecule has 2 atom stereocenters. The fourth-order valence-corrected chi connectivity index (χ4v) is 2.43. The van der Waals surface area contributed by atoms with Gasteiger partial charge in [0.25, 0.3) is 5.91 Å². The van der Waals surface area contributed by atoms with Gasteiger partial charge in [-0.2, -0.15) is 0 Å². The summed E-state index contributed by atoms with van der Waals surface area (Å²) in [6.07, 6.45) is 2.79. The van der Waals surface area contributed by atoms with Gasteiger partial charge in [0.2, 0.25) is 0 Å². The molecule has 1 aromatic rings. The summed E-state index contributed by atoms with van der Waals surface area (Å²) < 4.78 is 10.9. The Morgan fingerprint density at radius 1 is 1.68 bits per heavy atom. The number of nitrogens with two attached hydrogens (primary N) is 1. The number of nitrogens with zero attached hydrogens (tertiary/aromatic N) is 1. The van der Waals surface area contributed by atoms with Crippen LogP contribution in [-0.4, -0.2) is 37.1 Å². The van der Waals surface area contributed by atoms with E-state index < -0.39 is 0 Å². The molecule has 0 aromatic carbocycles. The van der Waals surface area contributed by atoms with Crippen LogP contribution < -0.4 is 11.3 Å². The molecule has 1 aliphatic rings. The highest BCUT2D eigenvalue weighted by Gasteiger charge is 2.26. The minimum absolute atomic E-state index is 0.260. The number of likely N-dealkylation sites (tertiary alicyclic amines) is 1. The van der Waals surface area contributed by atoms with Gasteiger partial charge in [-0.05, 0) is 24.9 Å². The summed E-state index contributed by atoms with van der Waals surface area (Å²) in [5.41, 5.74) is 2.54. The maximum absolute atomic E-state index is 11.3. The summed E-state index contributed by atoms with van der Waals surface area (Å²) in [5.74, 6) is 6.09. The summed E-state index contributed by atoms with van der Waals surface area (Å²) in [6.45, 7) is 4.80. The van der Waals surface area contributed by atoms with Crippen LogP contribution in [0.15, 0.2) is 16.7 Å². The first-order valence-corrected chi connectivity index (χ1v) is 6.47. The van der Waals surface area contributed by atoms with Crippen LogP contribution in [0.2, 0.25) is 0 Å². The van der Waals surface area contributed by atoms with E-state index in [0.29, 0.717) is 18.0 Å². The van der Waals surface area contributed by atoms with Crippen LogP contribution in [0.3, 0.4) is 0 Å². The lowest BCUT2D eigenvalue weighted by atomic mass is 9.96. The minimum atomic E-state index is -0.336. The first-order valence-electron chi connectivity index (χ1n) is 6.47. The fourth-order valence-electron chi connectivity index (χ4n) is 2.43. The van der Waals surface area contributed by atoms with Crippen LogP contribution in [0.1, 0.15) is 29.5 Å². The summed E-state index contributed by atoms with van der Waals surface area (Å²) in [4.78, 5) is 13.6. The van der Waals surface area contributed by atoms with Crippen molar-refractivity contribution in [3.8, 4) is 0 Å². The quantitative estimate of drug-likeness (QED) is 0.478. The van der Waals surface area contributed by atoms with E-state index in [1.807, 2.05) is 0 Å². The zero-order chi connectivity index (χ0) is 13.8. The van der Waals surface area contributed by atoms with Crippen molar-refractivity contribution in [1.82, 2.24) is 10.3 Å². The lowest BCUT2D eigenvalue weighted by molar-refractivity contribution is -0.00916. The number of hydrogen-bond donors (Lipinski definition) is 2. The second kappa shape index (κ2) is 6.18. The number of piperidine rings is 1. The molecule has 0 aliphatic carbocycles. The van der Waals surface area contributed by atoms with Gasteiger partial charge in [-0.15, -0.1) is 0 Å². The van der Waals surface area contributed by atoms with Gasteiger partial charge in [0.15, 0.2) is 0 Å². The number of methoxy groups -OCH3 is 1. The third-order valence-corrected chi connectivity index (χ3v) is 3.70. The number of hydrazine groups is 1. The Morgan fingerprint density at radius 2 is 2.47 bits per heavy atom. The van der Waals surface area contributed by atoms with E-state index in [1.165, 1.54) is 6.26 Å². The van der Waals surface area contributed by atoms with Crippen molar-refractivity contribution in [3.05, 3.63) is 23.7 Å². The van der Waals surface area contributed by atoms with E-state index in [2.05, 4.69) is 17.2 Å². The van der Waals surface area contributed by atoms with Gasteiger partial charge in [0.1, 0.15) is 12.0 Å². The fraction of sp³-hybridized carbons (Fsp3) is 0.615. The molecule has 2 heterocycles. The highest BCUT2D eigenvalue weighted by atomic mass is 16.5. The molecule has 1 amide bonds. The lowest BCUT2D eigenvalue weighted by Crippen LogP contribution is -2.43. The van der Waals surface area contributed by atoms with Crippen LogP contribution in [0.4, 0.5) is 0 Å². The number of nitrogens with one attached hydrogen (secondary N) is 1. The molecule has 6 nitrogen and oxygen atoms in total. The zero-order valence-electron chi connectivity index (χ0n) is 11.4. The second-order valence-corrected chi connectivity index (χ2v) is 5.05. The van der Waals surface area contributed by atoms with Gasteiger partial charge in [0, 0.05) is 13.7 Å². The Morgan fingerprint density at radius 3 is 3.16 bits per heavy atom. The Balaban J connectivity index is 1.94. The molecule has 1 saturated heterocycles. The summed E-state index contributed by atoms with van der Waals surface area (Å²) in [6, 6.07) is 1.72. The third kappa shape index (κ3) is 3.34. The second-order valence-electron chi connectivity index (χ2n) is 5.05. The molecule has 1 aliphatic heterocycles. The van der Waals surface area contributed by atoms with Crippen molar-refractivity contribution in [2.45, 2.75) is 26.0 Å². The smallest absolute Gasteiger partial charge is 0.268 e. The van der Waals surface area contributed by atoms with E-state index in [0.717, 1.165) is 25.3 Å². The average molecular weight is 267 g/mol. The minimum Gasteiger partial charge on any atom is -0.467 e. The Bertz CT molecular complexity index is 433. The normalized spacial score (nSPS) is 24.4. The predicted octanol–water partition coefficient (Wildman–Crippen LogP) is 0.740. The number of carbonyl (C=O) groups is 1. The summed E-state index contributed by atoms with van der Waals surface area (Å²) in [5, 5.41) is 0. The molecule has 2 unspecified atom stereocenters. The van der Waals surface area contributed by atoms with Crippen molar-refractivity contribution in [2.24, 2.45) is 11.8 Å². The van der Waals surface area contributed by atoms with Crippen LogP contribution in [-0.2, 0) is 11.3 Å². The van der Waals surface area contributed by atoms with Crippen molar-refractivity contribution in [3.63, 3.8) is 0 Å². The summed E-state index contributed by atoms with van der Waals surface area (Å²) in [7, 11) is 1.75. The van der Waals surface area contributed by atoms with Gasteiger partial charge in [-0.1, -0.05) is 6.92 Å². The molecule has 0 bridgehead atoms. The standard InChI is InChI=1S/C13H21N3O3/c1-9-3-4-16(7-12(9)18-2)6-11-5-10(8-19-11)13(17)15-14/h5,8-9,12H,3-4,6-7,14H2,1-2H3,(H,15,17). The zero-order valence-corrected chi connectivity index (χ0v) is 11.4. The van der Waals surface area contributed by atoms with Crippen molar-refractivity contribution in [2.75, 3.05) is 20.2 Å². The number of rotatable bonds is 4. The first-order chi connectivity index (χ1) is 9.13. The topological polar surface area (TPSA) is 80.7 Å².